The average molecular weight is 228 g/mol. The molecule has 4 nitrogen and oxygen atoms in total. The first-order valence-electron chi connectivity index (χ1n) is 5.83. The molecule has 0 saturated heterocycles. The van der Waals surface area contributed by atoms with Crippen molar-refractivity contribution in [3.05, 3.63) is 48.2 Å². The molecule has 0 aliphatic heterocycles. The molecule has 2 rings (SSSR count). The van der Waals surface area contributed by atoms with Crippen molar-refractivity contribution >= 4 is 5.82 Å². The van der Waals surface area contributed by atoms with E-state index in [-0.39, 0.29) is 0 Å². The molecule has 0 amide bonds. The molecule has 2 aromatic rings. The molecule has 0 aliphatic carbocycles. The van der Waals surface area contributed by atoms with Crippen LogP contribution >= 0.6 is 0 Å². The van der Waals surface area contributed by atoms with Gasteiger partial charge in [-0.3, -0.25) is 9.97 Å². The molecule has 0 atom stereocenters. The Kier molecular flexibility index (Phi) is 4.02. The van der Waals surface area contributed by atoms with Crippen molar-refractivity contribution in [2.45, 2.75) is 19.8 Å². The van der Waals surface area contributed by atoms with Gasteiger partial charge < -0.3 is 5.32 Å². The summed E-state index contributed by atoms with van der Waals surface area (Å²) >= 11 is 0. The van der Waals surface area contributed by atoms with Gasteiger partial charge in [-0.25, -0.2) is 4.98 Å². The highest BCUT2D eigenvalue weighted by atomic mass is 15.0. The highest BCUT2D eigenvalue weighted by Crippen LogP contribution is 2.06. The molecule has 0 spiro atoms. The van der Waals surface area contributed by atoms with E-state index in [2.05, 4.69) is 27.2 Å². The van der Waals surface area contributed by atoms with Crippen LogP contribution in [0.4, 0.5) is 5.82 Å². The standard InChI is InChI=1S/C13H16N4/c1-2-6-16-13-10-14-9-12(17-13)8-11-5-3-4-7-15-11/h3-5,7,9-10H,2,6,8H2,1H3,(H,16,17). The molecule has 2 heterocycles. The lowest BCUT2D eigenvalue weighted by Gasteiger charge is -2.05. The van der Waals surface area contributed by atoms with E-state index in [4.69, 9.17) is 0 Å². The first kappa shape index (κ1) is 11.5. The Labute approximate surface area is 101 Å². The van der Waals surface area contributed by atoms with E-state index >= 15 is 0 Å². The zero-order chi connectivity index (χ0) is 11.9. The highest BCUT2D eigenvalue weighted by Gasteiger charge is 2.00. The van der Waals surface area contributed by atoms with Gasteiger partial charge in [0.2, 0.25) is 0 Å². The summed E-state index contributed by atoms with van der Waals surface area (Å²) in [6.07, 6.45) is 7.12. The van der Waals surface area contributed by atoms with Gasteiger partial charge in [-0.1, -0.05) is 13.0 Å². The molecule has 4 heteroatoms. The number of rotatable bonds is 5. The molecule has 0 radical (unpaired) electrons. The molecule has 17 heavy (non-hydrogen) atoms. The topological polar surface area (TPSA) is 50.7 Å². The number of nitrogens with zero attached hydrogens (tertiary/aromatic N) is 3. The Morgan fingerprint density at radius 3 is 2.88 bits per heavy atom. The maximum absolute atomic E-state index is 4.49. The van der Waals surface area contributed by atoms with Crippen LogP contribution in [0.15, 0.2) is 36.8 Å². The Morgan fingerprint density at radius 1 is 1.18 bits per heavy atom. The molecule has 0 aliphatic rings. The number of hydrogen-bond acceptors (Lipinski definition) is 4. The van der Waals surface area contributed by atoms with Crippen LogP contribution < -0.4 is 5.32 Å². The van der Waals surface area contributed by atoms with Gasteiger partial charge in [-0.05, 0) is 18.6 Å². The lowest BCUT2D eigenvalue weighted by molar-refractivity contribution is 0.941. The van der Waals surface area contributed by atoms with Gasteiger partial charge in [0.05, 0.1) is 11.9 Å². The quantitative estimate of drug-likeness (QED) is 0.853. The molecule has 0 unspecified atom stereocenters. The monoisotopic (exact) mass is 228 g/mol. The fraction of sp³-hybridized carbons (Fsp3) is 0.308. The molecule has 88 valence electrons. The normalized spacial score (nSPS) is 10.2. The van der Waals surface area contributed by atoms with E-state index in [1.54, 1.807) is 18.6 Å². The second-order valence-electron chi connectivity index (χ2n) is 3.82. The molecular weight excluding hydrogens is 212 g/mol. The van der Waals surface area contributed by atoms with Gasteiger partial charge in [-0.2, -0.15) is 0 Å². The van der Waals surface area contributed by atoms with Gasteiger partial charge in [0.15, 0.2) is 0 Å². The minimum Gasteiger partial charge on any atom is -0.369 e. The zero-order valence-electron chi connectivity index (χ0n) is 9.93. The Hall–Kier alpha value is -1.97. The number of pyridine rings is 1. The molecule has 0 fully saturated rings. The summed E-state index contributed by atoms with van der Waals surface area (Å²) in [6, 6.07) is 5.89. The summed E-state index contributed by atoms with van der Waals surface area (Å²) in [4.78, 5) is 13.0. The summed E-state index contributed by atoms with van der Waals surface area (Å²) < 4.78 is 0. The van der Waals surface area contributed by atoms with E-state index in [1.807, 2.05) is 18.2 Å². The van der Waals surface area contributed by atoms with E-state index in [0.717, 1.165) is 36.6 Å². The predicted octanol–water partition coefficient (Wildman–Crippen LogP) is 2.28. The predicted molar refractivity (Wildman–Crippen MR) is 67.9 cm³/mol. The highest BCUT2D eigenvalue weighted by molar-refractivity contribution is 5.32. The lowest BCUT2D eigenvalue weighted by atomic mass is 10.2. The molecule has 1 N–H and O–H groups in total. The molecule has 2 aromatic heterocycles. The Bertz CT molecular complexity index is 456. The van der Waals surface area contributed by atoms with Crippen molar-refractivity contribution in [1.29, 1.82) is 0 Å². The summed E-state index contributed by atoms with van der Waals surface area (Å²) in [6.45, 7) is 3.04. The summed E-state index contributed by atoms with van der Waals surface area (Å²) in [5, 5.41) is 3.23. The van der Waals surface area contributed by atoms with Crippen molar-refractivity contribution in [2.24, 2.45) is 0 Å². The summed E-state index contributed by atoms with van der Waals surface area (Å²) in [5.41, 5.74) is 1.94. The van der Waals surface area contributed by atoms with Crippen LogP contribution in [0, 0.1) is 0 Å². The number of hydrogen-bond donors (Lipinski definition) is 1. The largest absolute Gasteiger partial charge is 0.369 e. The number of anilines is 1. The van der Waals surface area contributed by atoms with Gasteiger partial charge in [0, 0.05) is 31.1 Å². The Morgan fingerprint density at radius 2 is 2.12 bits per heavy atom. The van der Waals surface area contributed by atoms with Gasteiger partial charge in [-0.15, -0.1) is 0 Å². The maximum Gasteiger partial charge on any atom is 0.144 e. The maximum atomic E-state index is 4.49. The van der Waals surface area contributed by atoms with Crippen LogP contribution in [0.1, 0.15) is 24.7 Å². The van der Waals surface area contributed by atoms with Gasteiger partial charge >= 0.3 is 0 Å². The van der Waals surface area contributed by atoms with Crippen LogP contribution in [-0.2, 0) is 6.42 Å². The first-order valence-corrected chi connectivity index (χ1v) is 5.83. The van der Waals surface area contributed by atoms with Crippen LogP contribution in [0.5, 0.6) is 0 Å². The third kappa shape index (κ3) is 3.52. The molecule has 0 aromatic carbocycles. The fourth-order valence-corrected chi connectivity index (χ4v) is 1.52. The van der Waals surface area contributed by atoms with Gasteiger partial charge in [0.1, 0.15) is 5.82 Å². The van der Waals surface area contributed by atoms with Crippen molar-refractivity contribution in [3.63, 3.8) is 0 Å². The molecule has 0 bridgehead atoms. The minimum absolute atomic E-state index is 0.718. The second-order valence-corrected chi connectivity index (χ2v) is 3.82. The van der Waals surface area contributed by atoms with Crippen molar-refractivity contribution in [2.75, 3.05) is 11.9 Å². The average Bonchev–Trinajstić information content (AvgIpc) is 2.38. The minimum atomic E-state index is 0.718. The van der Waals surface area contributed by atoms with E-state index in [1.165, 1.54) is 0 Å². The third-order valence-electron chi connectivity index (χ3n) is 2.33. The first-order chi connectivity index (χ1) is 8.38. The van der Waals surface area contributed by atoms with Crippen LogP contribution in [-0.4, -0.2) is 21.5 Å². The SMILES string of the molecule is CCCNc1cncc(Cc2ccccn2)n1. The van der Waals surface area contributed by atoms with E-state index in [0.29, 0.717) is 0 Å². The van der Waals surface area contributed by atoms with E-state index < -0.39 is 0 Å². The molecular formula is C13H16N4. The van der Waals surface area contributed by atoms with Gasteiger partial charge in [0.25, 0.3) is 0 Å². The second kappa shape index (κ2) is 5.94. The van der Waals surface area contributed by atoms with Crippen molar-refractivity contribution in [1.82, 2.24) is 15.0 Å². The van der Waals surface area contributed by atoms with Crippen molar-refractivity contribution in [3.8, 4) is 0 Å². The van der Waals surface area contributed by atoms with Crippen LogP contribution in [0.25, 0.3) is 0 Å². The molecule has 0 saturated carbocycles. The third-order valence-corrected chi connectivity index (χ3v) is 2.33. The fourth-order valence-electron chi connectivity index (χ4n) is 1.52. The Balaban J connectivity index is 2.06. The lowest BCUT2D eigenvalue weighted by Crippen LogP contribution is -2.04. The van der Waals surface area contributed by atoms with Crippen LogP contribution in [0.3, 0.4) is 0 Å². The van der Waals surface area contributed by atoms with E-state index in [9.17, 15) is 0 Å². The summed E-state index contributed by atoms with van der Waals surface area (Å²) in [5.74, 6) is 0.834. The number of nitrogens with one attached hydrogen (secondary N) is 1. The van der Waals surface area contributed by atoms with Crippen LogP contribution in [0.2, 0.25) is 0 Å². The number of aromatic nitrogens is 3. The van der Waals surface area contributed by atoms with Crippen molar-refractivity contribution < 1.29 is 0 Å². The zero-order valence-corrected chi connectivity index (χ0v) is 9.93. The summed E-state index contributed by atoms with van der Waals surface area (Å²) in [7, 11) is 0. The smallest absolute Gasteiger partial charge is 0.144 e.